The van der Waals surface area contributed by atoms with Crippen LogP contribution in [0.4, 0.5) is 10.5 Å². The average Bonchev–Trinajstić information content (AvgIpc) is 2.88. The maximum Gasteiger partial charge on any atom is 0.409 e. The Labute approximate surface area is 229 Å². The van der Waals surface area contributed by atoms with Crippen molar-refractivity contribution in [2.24, 2.45) is 0 Å². The van der Waals surface area contributed by atoms with Gasteiger partial charge in [-0.05, 0) is 31.2 Å². The molecule has 2 amide bonds. The Morgan fingerprint density at radius 3 is 2.46 bits per heavy atom. The van der Waals surface area contributed by atoms with E-state index in [1.54, 1.807) is 43.9 Å². The highest BCUT2D eigenvalue weighted by atomic mass is 32.2. The fourth-order valence-electron chi connectivity index (χ4n) is 3.54. The lowest BCUT2D eigenvalue weighted by molar-refractivity contribution is -0.112. The van der Waals surface area contributed by atoms with Crippen molar-refractivity contribution in [1.29, 1.82) is 0 Å². The van der Waals surface area contributed by atoms with Crippen molar-refractivity contribution in [2.45, 2.75) is 31.6 Å². The van der Waals surface area contributed by atoms with Crippen LogP contribution in [-0.2, 0) is 19.6 Å². The number of hydrogen-bond acceptors (Lipinski definition) is 8. The summed E-state index contributed by atoms with van der Waals surface area (Å²) in [4.78, 5) is 27.8. The molecule has 37 heavy (non-hydrogen) atoms. The number of anilines is 1. The fourth-order valence-corrected chi connectivity index (χ4v) is 5.95. The monoisotopic (exact) mass is 568 g/mol. The van der Waals surface area contributed by atoms with Crippen molar-refractivity contribution in [3.05, 3.63) is 47.0 Å². The molecule has 0 aliphatic heterocycles. The number of fused-ring (bicyclic) bond motifs is 1. The highest BCUT2D eigenvalue weighted by Gasteiger charge is 2.19. The smallest absolute Gasteiger partial charge is 0.409 e. The van der Waals surface area contributed by atoms with Crippen molar-refractivity contribution in [2.75, 3.05) is 51.5 Å². The molecule has 0 aliphatic rings. The van der Waals surface area contributed by atoms with Crippen LogP contribution in [0.1, 0.15) is 26.7 Å². The van der Waals surface area contributed by atoms with Gasteiger partial charge >= 0.3 is 6.09 Å². The number of thiol groups is 1. The molecule has 0 heterocycles. The van der Waals surface area contributed by atoms with Gasteiger partial charge in [-0.1, -0.05) is 44.0 Å². The minimum absolute atomic E-state index is 0.0300. The molecular formula is C25H36N4O5S3. The molecule has 0 bridgehead atoms. The molecule has 0 atom stereocenters. The van der Waals surface area contributed by atoms with Gasteiger partial charge in [0.1, 0.15) is 0 Å². The summed E-state index contributed by atoms with van der Waals surface area (Å²) in [6.45, 7) is 4.14. The van der Waals surface area contributed by atoms with E-state index in [1.807, 2.05) is 37.2 Å². The van der Waals surface area contributed by atoms with Gasteiger partial charge in [-0.2, -0.15) is 0 Å². The molecule has 204 valence electrons. The second kappa shape index (κ2) is 14.5. The Morgan fingerprint density at radius 1 is 1.14 bits per heavy atom. The van der Waals surface area contributed by atoms with Crippen molar-refractivity contribution >= 4 is 63.6 Å². The first-order valence-electron chi connectivity index (χ1n) is 11.9. The van der Waals surface area contributed by atoms with Gasteiger partial charge in [0.2, 0.25) is 16.4 Å². The Hall–Kier alpha value is -2.41. The molecule has 2 aromatic rings. The summed E-state index contributed by atoms with van der Waals surface area (Å²) in [7, 11) is 1.56. The van der Waals surface area contributed by atoms with Crippen LogP contribution in [-0.4, -0.2) is 76.7 Å². The van der Waals surface area contributed by atoms with Gasteiger partial charge in [-0.25, -0.2) is 17.9 Å². The third kappa shape index (κ3) is 8.56. The number of nitrogens with one attached hydrogen (secondary N) is 1. The zero-order valence-corrected chi connectivity index (χ0v) is 24.5. The quantitative estimate of drug-likeness (QED) is 0.259. The third-order valence-electron chi connectivity index (χ3n) is 5.56. The molecule has 0 unspecified atom stereocenters. The van der Waals surface area contributed by atoms with Crippen LogP contribution in [0.15, 0.2) is 51.9 Å². The molecule has 1 N–H and O–H groups in total. The summed E-state index contributed by atoms with van der Waals surface area (Å²) in [5.74, 6) is 0.869. The van der Waals surface area contributed by atoms with Gasteiger partial charge in [0.05, 0.1) is 11.5 Å². The highest BCUT2D eigenvalue weighted by molar-refractivity contribution is 8.03. The first kappa shape index (κ1) is 30.8. The summed E-state index contributed by atoms with van der Waals surface area (Å²) < 4.78 is 35.3. The van der Waals surface area contributed by atoms with Gasteiger partial charge in [0, 0.05) is 67.7 Å². The van der Waals surface area contributed by atoms with E-state index >= 15 is 0 Å². The van der Waals surface area contributed by atoms with E-state index in [0.717, 1.165) is 28.2 Å². The molecule has 0 fully saturated rings. The van der Waals surface area contributed by atoms with E-state index in [1.165, 1.54) is 9.21 Å². The molecule has 2 rings (SSSR count). The second-order valence-corrected chi connectivity index (χ2v) is 11.9. The SMILES string of the molecule is CCCS/C(CCOC(=O)N(C)CCNS(=O)(=O)c1cccc2c(N(C)C)cccc12)=C(/C)N(S)C=O. The molecule has 0 saturated carbocycles. The van der Waals surface area contributed by atoms with Gasteiger partial charge in [0.25, 0.3) is 0 Å². The molecule has 0 saturated heterocycles. The van der Waals surface area contributed by atoms with Crippen LogP contribution in [0.5, 0.6) is 0 Å². The Bertz CT molecular complexity index is 1220. The molecule has 12 heteroatoms. The first-order valence-corrected chi connectivity index (χ1v) is 14.7. The summed E-state index contributed by atoms with van der Waals surface area (Å²) in [6, 6.07) is 10.7. The lowest BCUT2D eigenvalue weighted by atomic mass is 10.1. The third-order valence-corrected chi connectivity index (χ3v) is 8.94. The number of amides is 2. The molecule has 0 spiro atoms. The number of nitrogens with zero attached hydrogens (tertiary/aromatic N) is 3. The Kier molecular flexibility index (Phi) is 12.1. The predicted octanol–water partition coefficient (Wildman–Crippen LogP) is 4.32. The normalized spacial score (nSPS) is 12.2. The second-order valence-electron chi connectivity index (χ2n) is 8.51. The van der Waals surface area contributed by atoms with Crippen molar-refractivity contribution < 1.29 is 22.7 Å². The zero-order valence-electron chi connectivity index (χ0n) is 21.9. The number of sulfonamides is 1. The van der Waals surface area contributed by atoms with E-state index in [4.69, 9.17) is 4.74 Å². The van der Waals surface area contributed by atoms with Gasteiger partial charge in [-0.3, -0.25) is 9.10 Å². The maximum absolute atomic E-state index is 13.1. The summed E-state index contributed by atoms with van der Waals surface area (Å²) in [5, 5.41) is 1.47. The lowest BCUT2D eigenvalue weighted by Crippen LogP contribution is -2.36. The average molecular weight is 569 g/mol. The number of benzene rings is 2. The summed E-state index contributed by atoms with van der Waals surface area (Å²) >= 11 is 5.72. The van der Waals surface area contributed by atoms with Crippen molar-refractivity contribution in [3.63, 3.8) is 0 Å². The van der Waals surface area contributed by atoms with Crippen LogP contribution in [0.2, 0.25) is 0 Å². The van der Waals surface area contributed by atoms with Crippen LogP contribution in [0, 0.1) is 0 Å². The van der Waals surface area contributed by atoms with E-state index < -0.39 is 16.1 Å². The standard InChI is InChI=1S/C25H36N4O5S3/c1-6-17-36-23(19(2)29(35)18-30)13-16-34-25(31)28(5)15-14-26-37(32,33)24-12-8-9-20-21(24)10-7-11-22(20)27(3)4/h7-12,18,26,35H,6,13-17H2,1-5H3/b23-19-. The number of rotatable bonds is 14. The zero-order chi connectivity index (χ0) is 27.6. The van der Waals surface area contributed by atoms with Gasteiger partial charge < -0.3 is 14.5 Å². The minimum atomic E-state index is -3.80. The minimum Gasteiger partial charge on any atom is -0.449 e. The molecular weight excluding hydrogens is 532 g/mol. The van der Waals surface area contributed by atoms with Crippen LogP contribution in [0.25, 0.3) is 10.8 Å². The number of allylic oxidation sites excluding steroid dienone is 1. The first-order chi connectivity index (χ1) is 17.5. The largest absolute Gasteiger partial charge is 0.449 e. The van der Waals surface area contributed by atoms with E-state index in [2.05, 4.69) is 24.5 Å². The highest BCUT2D eigenvalue weighted by Crippen LogP contribution is 2.30. The Balaban J connectivity index is 1.96. The number of hydrogen-bond donors (Lipinski definition) is 2. The van der Waals surface area contributed by atoms with Crippen molar-refractivity contribution in [1.82, 2.24) is 13.9 Å². The topological polar surface area (TPSA) is 99.3 Å². The number of likely N-dealkylation sites (N-methyl/N-ethyl adjacent to an activating group) is 1. The molecule has 0 radical (unpaired) electrons. The van der Waals surface area contributed by atoms with Gasteiger partial charge in [-0.15, -0.1) is 11.8 Å². The molecule has 2 aromatic carbocycles. The van der Waals surface area contributed by atoms with Crippen LogP contribution >= 0.6 is 24.6 Å². The van der Waals surface area contributed by atoms with Crippen LogP contribution < -0.4 is 9.62 Å². The maximum atomic E-state index is 13.1. The van der Waals surface area contributed by atoms with Crippen molar-refractivity contribution in [3.8, 4) is 0 Å². The van der Waals surface area contributed by atoms with Crippen LogP contribution in [0.3, 0.4) is 0 Å². The molecule has 0 aromatic heterocycles. The predicted molar refractivity (Wildman–Crippen MR) is 154 cm³/mol. The number of ether oxygens (including phenoxy) is 1. The summed E-state index contributed by atoms with van der Waals surface area (Å²) in [6.07, 6.45) is 1.47. The van der Waals surface area contributed by atoms with E-state index in [0.29, 0.717) is 23.9 Å². The summed E-state index contributed by atoms with van der Waals surface area (Å²) in [5.41, 5.74) is 1.62. The lowest BCUT2D eigenvalue weighted by Gasteiger charge is -2.19. The van der Waals surface area contributed by atoms with E-state index in [-0.39, 0.29) is 24.6 Å². The number of carbonyl (C=O) groups excluding carboxylic acids is 2. The number of carbonyl (C=O) groups is 2. The number of thioether (sulfide) groups is 1. The van der Waals surface area contributed by atoms with E-state index in [9.17, 15) is 18.0 Å². The fraction of sp³-hybridized carbons (Fsp3) is 0.440. The van der Waals surface area contributed by atoms with Gasteiger partial charge in [0.15, 0.2) is 0 Å². The Morgan fingerprint density at radius 2 is 1.81 bits per heavy atom. The molecule has 0 aliphatic carbocycles. The molecule has 9 nitrogen and oxygen atoms in total.